The molecular formula is C17H24ClNO2. The molecule has 1 aromatic carbocycles. The summed E-state index contributed by atoms with van der Waals surface area (Å²) in [5.41, 5.74) is 1.56. The van der Waals surface area contributed by atoms with Crippen LogP contribution in [0.1, 0.15) is 32.1 Å². The highest BCUT2D eigenvalue weighted by molar-refractivity contribution is 6.30. The van der Waals surface area contributed by atoms with Gasteiger partial charge in [0.25, 0.3) is 0 Å². The van der Waals surface area contributed by atoms with Crippen LogP contribution in [0.25, 0.3) is 0 Å². The van der Waals surface area contributed by atoms with Crippen molar-refractivity contribution in [2.24, 2.45) is 0 Å². The minimum absolute atomic E-state index is 0.289. The van der Waals surface area contributed by atoms with Crippen molar-refractivity contribution in [2.75, 3.05) is 19.7 Å². The third-order valence-electron chi connectivity index (χ3n) is 3.64. The van der Waals surface area contributed by atoms with Crippen LogP contribution in [-0.2, 0) is 0 Å². The van der Waals surface area contributed by atoms with E-state index in [0.717, 1.165) is 18.7 Å². The quantitative estimate of drug-likeness (QED) is 0.570. The predicted octanol–water partition coefficient (Wildman–Crippen LogP) is 3.56. The van der Waals surface area contributed by atoms with Gasteiger partial charge in [-0.3, -0.25) is 0 Å². The highest BCUT2D eigenvalue weighted by Gasteiger charge is 2.06. The second kappa shape index (κ2) is 9.08. The lowest BCUT2D eigenvalue weighted by Crippen LogP contribution is -2.32. The molecule has 0 heterocycles. The monoisotopic (exact) mass is 309 g/mol. The molecule has 1 atom stereocenters. The third-order valence-corrected chi connectivity index (χ3v) is 3.90. The number of halogens is 1. The maximum absolute atomic E-state index is 9.87. The highest BCUT2D eigenvalue weighted by Crippen LogP contribution is 2.19. The molecule has 0 amide bonds. The van der Waals surface area contributed by atoms with Crippen molar-refractivity contribution >= 4 is 11.6 Å². The number of nitrogens with one attached hydrogen (secondary N) is 1. The first kappa shape index (κ1) is 16.3. The maximum Gasteiger partial charge on any atom is 0.119 e. The predicted molar refractivity (Wildman–Crippen MR) is 87.0 cm³/mol. The van der Waals surface area contributed by atoms with Gasteiger partial charge in [-0.05, 0) is 62.9 Å². The number of ether oxygens (including phenoxy) is 1. The average molecular weight is 310 g/mol. The summed E-state index contributed by atoms with van der Waals surface area (Å²) in [6.07, 6.45) is 8.08. The zero-order valence-electron chi connectivity index (χ0n) is 12.4. The van der Waals surface area contributed by atoms with Crippen LogP contribution < -0.4 is 10.1 Å². The van der Waals surface area contributed by atoms with Gasteiger partial charge in [0.15, 0.2) is 0 Å². The molecule has 0 saturated heterocycles. The lowest BCUT2D eigenvalue weighted by atomic mass is 9.97. The van der Waals surface area contributed by atoms with E-state index < -0.39 is 6.10 Å². The van der Waals surface area contributed by atoms with E-state index in [9.17, 15) is 5.11 Å². The molecule has 0 spiro atoms. The summed E-state index contributed by atoms with van der Waals surface area (Å²) in [6.45, 7) is 1.77. The summed E-state index contributed by atoms with van der Waals surface area (Å²) >= 11 is 5.80. The number of benzene rings is 1. The van der Waals surface area contributed by atoms with Gasteiger partial charge < -0.3 is 15.2 Å². The topological polar surface area (TPSA) is 41.5 Å². The van der Waals surface area contributed by atoms with Crippen LogP contribution in [0.2, 0.25) is 5.02 Å². The average Bonchev–Trinajstić information content (AvgIpc) is 2.52. The Kier molecular flexibility index (Phi) is 7.07. The van der Waals surface area contributed by atoms with Crippen molar-refractivity contribution < 1.29 is 9.84 Å². The van der Waals surface area contributed by atoms with Crippen molar-refractivity contribution in [3.8, 4) is 5.75 Å². The van der Waals surface area contributed by atoms with Crippen molar-refractivity contribution in [3.63, 3.8) is 0 Å². The number of rotatable bonds is 8. The van der Waals surface area contributed by atoms with Gasteiger partial charge >= 0.3 is 0 Å². The molecule has 1 aliphatic carbocycles. The molecule has 2 rings (SSSR count). The fourth-order valence-corrected chi connectivity index (χ4v) is 2.56. The zero-order valence-corrected chi connectivity index (χ0v) is 13.1. The summed E-state index contributed by atoms with van der Waals surface area (Å²) < 4.78 is 5.51. The number of hydrogen-bond acceptors (Lipinski definition) is 3. The molecule has 0 bridgehead atoms. The molecule has 3 nitrogen and oxygen atoms in total. The molecule has 0 saturated carbocycles. The standard InChI is InChI=1S/C17H24ClNO2/c18-15-6-8-17(9-7-15)21-13-16(20)12-19-11-10-14-4-2-1-3-5-14/h4,6-9,16,19-20H,1-3,5,10-13H2. The molecule has 2 N–H and O–H groups in total. The van der Waals surface area contributed by atoms with E-state index in [2.05, 4.69) is 11.4 Å². The van der Waals surface area contributed by atoms with E-state index >= 15 is 0 Å². The molecule has 1 aliphatic rings. The van der Waals surface area contributed by atoms with E-state index in [1.54, 1.807) is 29.8 Å². The second-order valence-electron chi connectivity index (χ2n) is 5.48. The lowest BCUT2D eigenvalue weighted by Gasteiger charge is -2.15. The summed E-state index contributed by atoms with van der Waals surface area (Å²) in [6, 6.07) is 7.16. The van der Waals surface area contributed by atoms with Crippen LogP contribution in [0.4, 0.5) is 0 Å². The number of hydrogen-bond donors (Lipinski definition) is 2. The van der Waals surface area contributed by atoms with Crippen LogP contribution in [0, 0.1) is 0 Å². The van der Waals surface area contributed by atoms with E-state index in [0.29, 0.717) is 11.6 Å². The van der Waals surface area contributed by atoms with E-state index in [1.165, 1.54) is 25.7 Å². The van der Waals surface area contributed by atoms with Crippen molar-refractivity contribution in [1.29, 1.82) is 0 Å². The molecule has 4 heteroatoms. The summed E-state index contributed by atoms with van der Waals surface area (Å²) in [5, 5.41) is 13.8. The van der Waals surface area contributed by atoms with Crippen LogP contribution >= 0.6 is 11.6 Å². The molecule has 0 aromatic heterocycles. The largest absolute Gasteiger partial charge is 0.491 e. The lowest BCUT2D eigenvalue weighted by molar-refractivity contribution is 0.106. The Morgan fingerprint density at radius 1 is 1.24 bits per heavy atom. The Bertz CT molecular complexity index is 445. The zero-order chi connectivity index (χ0) is 14.9. The third kappa shape index (κ3) is 6.51. The van der Waals surface area contributed by atoms with Crippen molar-refractivity contribution in [1.82, 2.24) is 5.32 Å². The Balaban J connectivity index is 1.56. The minimum Gasteiger partial charge on any atom is -0.491 e. The summed E-state index contributed by atoms with van der Waals surface area (Å²) in [4.78, 5) is 0. The Morgan fingerprint density at radius 2 is 2.05 bits per heavy atom. The maximum atomic E-state index is 9.87. The first-order valence-corrected chi connectivity index (χ1v) is 8.07. The van der Waals surface area contributed by atoms with Crippen LogP contribution in [-0.4, -0.2) is 30.9 Å². The van der Waals surface area contributed by atoms with Gasteiger partial charge in [-0.15, -0.1) is 0 Å². The SMILES string of the molecule is OC(CNCCC1=CCCCC1)COc1ccc(Cl)cc1. The summed E-state index contributed by atoms with van der Waals surface area (Å²) in [7, 11) is 0. The number of aliphatic hydroxyl groups is 1. The second-order valence-corrected chi connectivity index (χ2v) is 5.92. The molecule has 21 heavy (non-hydrogen) atoms. The smallest absolute Gasteiger partial charge is 0.119 e. The molecule has 116 valence electrons. The first-order valence-electron chi connectivity index (χ1n) is 7.69. The van der Waals surface area contributed by atoms with Crippen LogP contribution in [0.15, 0.2) is 35.9 Å². The van der Waals surface area contributed by atoms with Gasteiger partial charge in [-0.2, -0.15) is 0 Å². The molecule has 0 fully saturated rings. The Morgan fingerprint density at radius 3 is 2.76 bits per heavy atom. The van der Waals surface area contributed by atoms with Gasteiger partial charge in [0.2, 0.25) is 0 Å². The van der Waals surface area contributed by atoms with Gasteiger partial charge in [-0.1, -0.05) is 23.3 Å². The Labute approximate surface area is 132 Å². The highest BCUT2D eigenvalue weighted by atomic mass is 35.5. The fraction of sp³-hybridized carbons (Fsp3) is 0.529. The van der Waals surface area contributed by atoms with Crippen LogP contribution in [0.3, 0.4) is 0 Å². The van der Waals surface area contributed by atoms with E-state index in [-0.39, 0.29) is 6.61 Å². The first-order chi connectivity index (χ1) is 10.2. The number of allylic oxidation sites excluding steroid dienone is 1. The van der Waals surface area contributed by atoms with Gasteiger partial charge in [-0.25, -0.2) is 0 Å². The number of aliphatic hydroxyl groups excluding tert-OH is 1. The molecule has 0 aliphatic heterocycles. The Hall–Kier alpha value is -1.03. The normalized spacial score (nSPS) is 16.4. The molecular weight excluding hydrogens is 286 g/mol. The van der Waals surface area contributed by atoms with E-state index in [4.69, 9.17) is 16.3 Å². The molecule has 1 aromatic rings. The molecule has 1 unspecified atom stereocenters. The fourth-order valence-electron chi connectivity index (χ4n) is 2.43. The molecule has 0 radical (unpaired) electrons. The summed E-state index contributed by atoms with van der Waals surface area (Å²) in [5.74, 6) is 0.728. The van der Waals surface area contributed by atoms with Gasteiger partial charge in [0.05, 0.1) is 0 Å². The van der Waals surface area contributed by atoms with Gasteiger partial charge in [0, 0.05) is 11.6 Å². The van der Waals surface area contributed by atoms with Crippen molar-refractivity contribution in [2.45, 2.75) is 38.2 Å². The van der Waals surface area contributed by atoms with Crippen LogP contribution in [0.5, 0.6) is 5.75 Å². The van der Waals surface area contributed by atoms with Gasteiger partial charge in [0.1, 0.15) is 18.5 Å². The minimum atomic E-state index is -0.499. The van der Waals surface area contributed by atoms with E-state index in [1.807, 2.05) is 0 Å². The van der Waals surface area contributed by atoms with Crippen molar-refractivity contribution in [3.05, 3.63) is 40.9 Å².